The fraction of sp³-hybridized carbons (Fsp3) is 0. The molecular formula is C17H11N3O3S. The SMILES string of the molecule is O=C(Nc1ccc(-c2cn3ccsc3n2)cc1)c1ccc(=O)oc1. The molecule has 0 saturated carbocycles. The van der Waals surface area contributed by atoms with Gasteiger partial charge >= 0.3 is 5.63 Å². The Morgan fingerprint density at radius 3 is 2.71 bits per heavy atom. The molecule has 0 spiro atoms. The first kappa shape index (κ1) is 14.4. The van der Waals surface area contributed by atoms with E-state index in [0.717, 1.165) is 22.5 Å². The van der Waals surface area contributed by atoms with Crippen molar-refractivity contribution in [2.75, 3.05) is 5.32 Å². The normalized spacial score (nSPS) is 10.8. The van der Waals surface area contributed by atoms with Crippen LogP contribution in [0.3, 0.4) is 0 Å². The highest BCUT2D eigenvalue weighted by Gasteiger charge is 2.08. The fourth-order valence-corrected chi connectivity index (χ4v) is 2.98. The Morgan fingerprint density at radius 2 is 2.00 bits per heavy atom. The number of nitrogens with zero attached hydrogens (tertiary/aromatic N) is 2. The summed E-state index contributed by atoms with van der Waals surface area (Å²) in [4.78, 5) is 28.5. The predicted molar refractivity (Wildman–Crippen MR) is 91.4 cm³/mol. The van der Waals surface area contributed by atoms with Crippen molar-refractivity contribution in [2.24, 2.45) is 0 Å². The van der Waals surface area contributed by atoms with E-state index in [2.05, 4.69) is 14.7 Å². The van der Waals surface area contributed by atoms with Crippen LogP contribution in [0, 0.1) is 0 Å². The number of thiazole rings is 1. The number of rotatable bonds is 3. The molecule has 0 aliphatic carbocycles. The summed E-state index contributed by atoms with van der Waals surface area (Å²) < 4.78 is 6.66. The van der Waals surface area contributed by atoms with Gasteiger partial charge in [-0.15, -0.1) is 11.3 Å². The van der Waals surface area contributed by atoms with E-state index in [1.807, 2.05) is 34.3 Å². The van der Waals surface area contributed by atoms with Crippen LogP contribution in [0.1, 0.15) is 10.4 Å². The fourth-order valence-electron chi connectivity index (χ4n) is 2.28. The standard InChI is InChI=1S/C17H11N3O3S/c21-15-6-3-12(10-23-15)16(22)18-13-4-1-11(2-5-13)14-9-20-7-8-24-17(20)19-14/h1-10H,(H,18,22). The van der Waals surface area contributed by atoms with Crippen molar-refractivity contribution in [1.82, 2.24) is 9.38 Å². The van der Waals surface area contributed by atoms with Crippen molar-refractivity contribution in [2.45, 2.75) is 0 Å². The lowest BCUT2D eigenvalue weighted by atomic mass is 10.1. The zero-order valence-corrected chi connectivity index (χ0v) is 13.1. The average molecular weight is 337 g/mol. The third-order valence-electron chi connectivity index (χ3n) is 3.49. The quantitative estimate of drug-likeness (QED) is 0.622. The number of carbonyl (C=O) groups excluding carboxylic acids is 1. The van der Waals surface area contributed by atoms with E-state index in [9.17, 15) is 9.59 Å². The van der Waals surface area contributed by atoms with Gasteiger partial charge in [-0.3, -0.25) is 9.20 Å². The lowest BCUT2D eigenvalue weighted by molar-refractivity contribution is 0.102. The summed E-state index contributed by atoms with van der Waals surface area (Å²) >= 11 is 1.58. The number of aromatic nitrogens is 2. The molecule has 0 radical (unpaired) electrons. The maximum absolute atomic E-state index is 12.1. The largest absolute Gasteiger partial charge is 0.430 e. The van der Waals surface area contributed by atoms with Gasteiger partial charge in [0.1, 0.15) is 6.26 Å². The molecule has 1 amide bonds. The highest BCUT2D eigenvalue weighted by Crippen LogP contribution is 2.23. The summed E-state index contributed by atoms with van der Waals surface area (Å²) in [5.74, 6) is -0.339. The lowest BCUT2D eigenvalue weighted by Gasteiger charge is -2.05. The summed E-state index contributed by atoms with van der Waals surface area (Å²) in [7, 11) is 0. The molecule has 0 saturated heterocycles. The van der Waals surface area contributed by atoms with Crippen LogP contribution in [0.5, 0.6) is 0 Å². The van der Waals surface area contributed by atoms with Gasteiger partial charge < -0.3 is 9.73 Å². The number of nitrogens with one attached hydrogen (secondary N) is 1. The monoisotopic (exact) mass is 337 g/mol. The van der Waals surface area contributed by atoms with Gasteiger partial charge in [-0.2, -0.15) is 0 Å². The minimum absolute atomic E-state index is 0.285. The molecule has 0 atom stereocenters. The first-order chi connectivity index (χ1) is 11.7. The van der Waals surface area contributed by atoms with Crippen LogP contribution in [-0.4, -0.2) is 15.3 Å². The number of anilines is 1. The van der Waals surface area contributed by atoms with E-state index >= 15 is 0 Å². The van der Waals surface area contributed by atoms with Gasteiger partial charge in [-0.05, 0) is 18.2 Å². The minimum atomic E-state index is -0.490. The minimum Gasteiger partial charge on any atom is -0.430 e. The second-order valence-electron chi connectivity index (χ2n) is 5.09. The van der Waals surface area contributed by atoms with Crippen molar-refractivity contribution < 1.29 is 9.21 Å². The zero-order chi connectivity index (χ0) is 16.5. The third-order valence-corrected chi connectivity index (χ3v) is 4.27. The summed E-state index contributed by atoms with van der Waals surface area (Å²) in [5.41, 5.74) is 2.29. The second kappa shape index (κ2) is 5.78. The van der Waals surface area contributed by atoms with Gasteiger partial charge in [-0.25, -0.2) is 9.78 Å². The molecule has 0 unspecified atom stereocenters. The van der Waals surface area contributed by atoms with Crippen molar-refractivity contribution in [1.29, 1.82) is 0 Å². The molecular weight excluding hydrogens is 326 g/mol. The zero-order valence-electron chi connectivity index (χ0n) is 12.3. The summed E-state index contributed by atoms with van der Waals surface area (Å²) in [6, 6.07) is 10.0. The number of imidazole rings is 1. The van der Waals surface area contributed by atoms with Crippen molar-refractivity contribution in [3.8, 4) is 11.3 Å². The molecule has 6 nitrogen and oxygen atoms in total. The number of amides is 1. The topological polar surface area (TPSA) is 76.6 Å². The Balaban J connectivity index is 1.53. The lowest BCUT2D eigenvalue weighted by Crippen LogP contribution is -2.12. The number of carbonyl (C=O) groups is 1. The van der Waals surface area contributed by atoms with Crippen LogP contribution in [0.25, 0.3) is 16.2 Å². The van der Waals surface area contributed by atoms with Crippen LogP contribution < -0.4 is 10.9 Å². The highest BCUT2D eigenvalue weighted by molar-refractivity contribution is 7.15. The summed E-state index contributed by atoms with van der Waals surface area (Å²) in [5, 5.41) is 4.74. The van der Waals surface area contributed by atoms with Crippen LogP contribution in [0.15, 0.2) is 69.6 Å². The smallest absolute Gasteiger partial charge is 0.335 e. The van der Waals surface area contributed by atoms with E-state index in [-0.39, 0.29) is 11.5 Å². The molecule has 4 rings (SSSR count). The highest BCUT2D eigenvalue weighted by atomic mass is 32.1. The molecule has 24 heavy (non-hydrogen) atoms. The maximum atomic E-state index is 12.1. The summed E-state index contributed by atoms with van der Waals surface area (Å²) in [6.45, 7) is 0. The molecule has 0 aliphatic heterocycles. The first-order valence-electron chi connectivity index (χ1n) is 7.12. The summed E-state index contributed by atoms with van der Waals surface area (Å²) in [6.07, 6.45) is 5.07. The van der Waals surface area contributed by atoms with Gasteiger partial charge in [0.15, 0.2) is 4.96 Å². The van der Waals surface area contributed by atoms with E-state index < -0.39 is 5.63 Å². The van der Waals surface area contributed by atoms with Gasteiger partial charge in [0.25, 0.3) is 5.91 Å². The van der Waals surface area contributed by atoms with Crippen molar-refractivity contribution in [3.05, 3.63) is 76.4 Å². The molecule has 0 aliphatic rings. The predicted octanol–water partition coefficient (Wildman–Crippen LogP) is 3.27. The van der Waals surface area contributed by atoms with Crippen molar-refractivity contribution >= 4 is 27.9 Å². The Kier molecular flexibility index (Phi) is 3.47. The molecule has 4 aromatic rings. The van der Waals surface area contributed by atoms with Gasteiger partial charge in [-0.1, -0.05) is 12.1 Å². The van der Waals surface area contributed by atoms with Crippen LogP contribution in [0.4, 0.5) is 5.69 Å². The first-order valence-corrected chi connectivity index (χ1v) is 8.00. The van der Waals surface area contributed by atoms with E-state index in [4.69, 9.17) is 0 Å². The van der Waals surface area contributed by atoms with Crippen LogP contribution in [0.2, 0.25) is 0 Å². The average Bonchev–Trinajstić information content (AvgIpc) is 3.18. The Labute approximate surface area is 140 Å². The van der Waals surface area contributed by atoms with Gasteiger partial charge in [0.2, 0.25) is 0 Å². The third kappa shape index (κ3) is 2.72. The van der Waals surface area contributed by atoms with Gasteiger partial charge in [0.05, 0.1) is 11.3 Å². The molecule has 3 aromatic heterocycles. The molecule has 0 bridgehead atoms. The van der Waals surface area contributed by atoms with E-state index in [0.29, 0.717) is 5.69 Å². The number of hydrogen-bond donors (Lipinski definition) is 1. The number of hydrogen-bond acceptors (Lipinski definition) is 5. The maximum Gasteiger partial charge on any atom is 0.335 e. The molecule has 118 valence electrons. The van der Waals surface area contributed by atoms with E-state index in [1.165, 1.54) is 12.1 Å². The molecule has 1 aromatic carbocycles. The molecule has 0 fully saturated rings. The van der Waals surface area contributed by atoms with Crippen LogP contribution >= 0.6 is 11.3 Å². The molecule has 7 heteroatoms. The molecule has 1 N–H and O–H groups in total. The van der Waals surface area contributed by atoms with Crippen molar-refractivity contribution in [3.63, 3.8) is 0 Å². The second-order valence-corrected chi connectivity index (χ2v) is 5.97. The van der Waals surface area contributed by atoms with Gasteiger partial charge in [0, 0.05) is 35.1 Å². The number of benzene rings is 1. The Bertz CT molecular complexity index is 1030. The van der Waals surface area contributed by atoms with E-state index in [1.54, 1.807) is 23.5 Å². The Hall–Kier alpha value is -3.19. The number of fused-ring (bicyclic) bond motifs is 1. The Morgan fingerprint density at radius 1 is 1.17 bits per heavy atom. The molecule has 3 heterocycles. The van der Waals surface area contributed by atoms with Crippen LogP contribution in [-0.2, 0) is 0 Å².